The molecule has 1 rings (SSSR count). The summed E-state index contributed by atoms with van der Waals surface area (Å²) in [7, 11) is -3.04. The number of methoxy groups -OCH3 is 1. The highest BCUT2D eigenvalue weighted by Crippen LogP contribution is 2.25. The quantitative estimate of drug-likeness (QED) is 0.796. The van der Waals surface area contributed by atoms with Gasteiger partial charge in [0.05, 0.1) is 18.3 Å². The van der Waals surface area contributed by atoms with Crippen LogP contribution >= 0.6 is 0 Å². The number of ether oxygens (including phenoxy) is 1. The van der Waals surface area contributed by atoms with Crippen molar-refractivity contribution in [3.8, 4) is 0 Å². The molecule has 2 unspecified atom stereocenters. The van der Waals surface area contributed by atoms with Crippen molar-refractivity contribution >= 4 is 15.8 Å². The molecule has 0 saturated heterocycles. The van der Waals surface area contributed by atoms with Crippen LogP contribution in [0, 0.1) is 17.6 Å². The molecule has 0 aliphatic rings. The van der Waals surface area contributed by atoms with E-state index in [0.29, 0.717) is 6.07 Å². The number of rotatable bonds is 4. The van der Waals surface area contributed by atoms with Crippen LogP contribution < -0.4 is 0 Å². The fraction of sp³-hybridized carbons (Fsp3) is 0.417. The van der Waals surface area contributed by atoms with E-state index in [0.717, 1.165) is 19.2 Å². The van der Waals surface area contributed by atoms with Crippen LogP contribution in [0.3, 0.4) is 0 Å². The van der Waals surface area contributed by atoms with E-state index in [2.05, 4.69) is 4.74 Å². The average Bonchev–Trinajstić information content (AvgIpc) is 2.38. The zero-order valence-corrected chi connectivity index (χ0v) is 11.5. The van der Waals surface area contributed by atoms with E-state index < -0.39 is 43.5 Å². The van der Waals surface area contributed by atoms with E-state index in [1.165, 1.54) is 13.8 Å². The summed E-state index contributed by atoms with van der Waals surface area (Å²) in [6.07, 6.45) is 0. The fourth-order valence-electron chi connectivity index (χ4n) is 1.54. The molecule has 0 N–H and O–H groups in total. The van der Waals surface area contributed by atoms with E-state index in [4.69, 9.17) is 0 Å². The number of halogens is 2. The topological polar surface area (TPSA) is 60.4 Å². The summed E-state index contributed by atoms with van der Waals surface area (Å²) in [5.74, 6) is -3.63. The normalized spacial score (nSPS) is 14.8. The Labute approximate surface area is 110 Å². The minimum atomic E-state index is -4.16. The van der Waals surface area contributed by atoms with Gasteiger partial charge >= 0.3 is 5.97 Å². The molecule has 0 aliphatic heterocycles. The van der Waals surface area contributed by atoms with Crippen LogP contribution in [0.25, 0.3) is 0 Å². The van der Waals surface area contributed by atoms with Crippen molar-refractivity contribution in [1.29, 1.82) is 0 Å². The van der Waals surface area contributed by atoms with Crippen LogP contribution in [0.5, 0.6) is 0 Å². The van der Waals surface area contributed by atoms with Gasteiger partial charge in [-0.2, -0.15) is 0 Å². The first-order chi connectivity index (χ1) is 8.71. The second kappa shape index (κ2) is 5.64. The van der Waals surface area contributed by atoms with Gasteiger partial charge in [0.15, 0.2) is 9.84 Å². The van der Waals surface area contributed by atoms with Crippen LogP contribution in [0.4, 0.5) is 8.78 Å². The number of sulfone groups is 1. The summed E-state index contributed by atoms with van der Waals surface area (Å²) in [6.45, 7) is 2.60. The smallest absolute Gasteiger partial charge is 0.309 e. The minimum Gasteiger partial charge on any atom is -0.469 e. The van der Waals surface area contributed by atoms with Crippen molar-refractivity contribution < 1.29 is 26.7 Å². The van der Waals surface area contributed by atoms with E-state index >= 15 is 0 Å². The van der Waals surface area contributed by atoms with Gasteiger partial charge in [-0.05, 0) is 25.1 Å². The molecule has 1 aromatic carbocycles. The number of hydrogen-bond acceptors (Lipinski definition) is 4. The third-order valence-corrected chi connectivity index (χ3v) is 5.28. The minimum absolute atomic E-state index is 0.602. The first-order valence-electron chi connectivity index (χ1n) is 5.48. The molecule has 1 aromatic rings. The Morgan fingerprint density at radius 1 is 1.26 bits per heavy atom. The number of esters is 1. The predicted molar refractivity (Wildman–Crippen MR) is 64.2 cm³/mol. The molecule has 0 spiro atoms. The molecule has 0 aromatic heterocycles. The molecule has 0 radical (unpaired) electrons. The number of benzene rings is 1. The van der Waals surface area contributed by atoms with E-state index in [-0.39, 0.29) is 0 Å². The van der Waals surface area contributed by atoms with Gasteiger partial charge in [0, 0.05) is 0 Å². The van der Waals surface area contributed by atoms with Gasteiger partial charge in [0.25, 0.3) is 0 Å². The van der Waals surface area contributed by atoms with Gasteiger partial charge in [0.2, 0.25) is 0 Å². The molecule has 0 bridgehead atoms. The lowest BCUT2D eigenvalue weighted by Crippen LogP contribution is -2.32. The standard InChI is InChI=1S/C12H14F2O4S/c1-7(12(15)18-3)8(2)19(16,17)11-6-9(13)4-5-10(11)14/h4-8H,1-3H3. The lowest BCUT2D eigenvalue weighted by Gasteiger charge is -2.18. The third-order valence-electron chi connectivity index (χ3n) is 2.97. The van der Waals surface area contributed by atoms with Crippen LogP contribution in [0.2, 0.25) is 0 Å². The second-order valence-electron chi connectivity index (χ2n) is 4.14. The molecular weight excluding hydrogens is 278 g/mol. The molecule has 0 heterocycles. The van der Waals surface area contributed by atoms with Crippen molar-refractivity contribution in [2.24, 2.45) is 5.92 Å². The number of hydrogen-bond donors (Lipinski definition) is 0. The number of carbonyl (C=O) groups is 1. The molecule has 7 heteroatoms. The first-order valence-corrected chi connectivity index (χ1v) is 7.03. The van der Waals surface area contributed by atoms with Gasteiger partial charge in [-0.1, -0.05) is 6.92 Å². The Kier molecular flexibility index (Phi) is 4.62. The highest BCUT2D eigenvalue weighted by molar-refractivity contribution is 7.92. The van der Waals surface area contributed by atoms with Crippen LogP contribution in [-0.4, -0.2) is 26.7 Å². The maximum atomic E-state index is 13.5. The zero-order chi connectivity index (χ0) is 14.8. The molecule has 19 heavy (non-hydrogen) atoms. The fourth-order valence-corrected chi connectivity index (χ4v) is 3.21. The van der Waals surface area contributed by atoms with Gasteiger partial charge in [-0.15, -0.1) is 0 Å². The summed E-state index contributed by atoms with van der Waals surface area (Å²) >= 11 is 0. The largest absolute Gasteiger partial charge is 0.469 e. The maximum absolute atomic E-state index is 13.5. The highest BCUT2D eigenvalue weighted by atomic mass is 32.2. The molecule has 0 fully saturated rings. The number of carbonyl (C=O) groups excluding carboxylic acids is 1. The van der Waals surface area contributed by atoms with E-state index in [1.54, 1.807) is 0 Å². The molecule has 4 nitrogen and oxygen atoms in total. The Bertz CT molecular complexity index is 583. The zero-order valence-electron chi connectivity index (χ0n) is 10.7. The van der Waals surface area contributed by atoms with Gasteiger partial charge in [0.1, 0.15) is 16.5 Å². The summed E-state index contributed by atoms with van der Waals surface area (Å²) < 4.78 is 55.3. The van der Waals surface area contributed by atoms with E-state index in [9.17, 15) is 22.0 Å². The molecule has 106 valence electrons. The monoisotopic (exact) mass is 292 g/mol. The van der Waals surface area contributed by atoms with Crippen molar-refractivity contribution in [3.05, 3.63) is 29.8 Å². The van der Waals surface area contributed by atoms with Gasteiger partial charge in [-0.3, -0.25) is 4.79 Å². The molecule has 2 atom stereocenters. The summed E-state index contributed by atoms with van der Waals surface area (Å²) in [5.41, 5.74) is 0. The Morgan fingerprint density at radius 2 is 1.84 bits per heavy atom. The van der Waals surface area contributed by atoms with Gasteiger partial charge < -0.3 is 4.74 Å². The Balaban J connectivity index is 3.24. The first kappa shape index (κ1) is 15.6. The van der Waals surface area contributed by atoms with Crippen molar-refractivity contribution in [2.45, 2.75) is 24.0 Å². The third kappa shape index (κ3) is 3.09. The summed E-state index contributed by atoms with van der Waals surface area (Å²) in [5, 5.41) is -1.23. The van der Waals surface area contributed by atoms with E-state index in [1.807, 2.05) is 0 Å². The molecular formula is C12H14F2O4S. The highest BCUT2D eigenvalue weighted by Gasteiger charge is 2.34. The van der Waals surface area contributed by atoms with Crippen LogP contribution in [0.15, 0.2) is 23.1 Å². The lowest BCUT2D eigenvalue weighted by atomic mass is 10.1. The lowest BCUT2D eigenvalue weighted by molar-refractivity contribution is -0.144. The van der Waals surface area contributed by atoms with Crippen molar-refractivity contribution in [2.75, 3.05) is 7.11 Å². The van der Waals surface area contributed by atoms with Crippen molar-refractivity contribution in [1.82, 2.24) is 0 Å². The Morgan fingerprint density at radius 3 is 2.37 bits per heavy atom. The summed E-state index contributed by atoms with van der Waals surface area (Å²) in [6, 6.07) is 2.16. The predicted octanol–water partition coefficient (Wildman–Crippen LogP) is 1.94. The molecule has 0 saturated carbocycles. The van der Waals surface area contributed by atoms with Crippen molar-refractivity contribution in [3.63, 3.8) is 0 Å². The Hall–Kier alpha value is -1.50. The van der Waals surface area contributed by atoms with Gasteiger partial charge in [-0.25, -0.2) is 17.2 Å². The maximum Gasteiger partial charge on any atom is 0.309 e. The molecule has 0 aliphatic carbocycles. The second-order valence-corrected chi connectivity index (χ2v) is 6.41. The van der Waals surface area contributed by atoms with Crippen LogP contribution in [0.1, 0.15) is 13.8 Å². The molecule has 0 amide bonds. The SMILES string of the molecule is COC(=O)C(C)C(C)S(=O)(=O)c1cc(F)ccc1F. The summed E-state index contributed by atoms with van der Waals surface area (Å²) in [4.78, 5) is 10.6. The van der Waals surface area contributed by atoms with Crippen LogP contribution in [-0.2, 0) is 19.4 Å². The average molecular weight is 292 g/mol.